The monoisotopic (exact) mass is 339 g/mol. The van der Waals surface area contributed by atoms with E-state index in [0.29, 0.717) is 11.7 Å². The predicted molar refractivity (Wildman–Crippen MR) is 94.5 cm³/mol. The molecule has 5 heteroatoms. The van der Waals surface area contributed by atoms with Gasteiger partial charge in [0.2, 0.25) is 0 Å². The van der Waals surface area contributed by atoms with E-state index in [2.05, 4.69) is 30.4 Å². The number of thioether (sulfide) groups is 1. The molecule has 1 aliphatic rings. The third-order valence-corrected chi connectivity index (χ3v) is 5.00. The lowest BCUT2D eigenvalue weighted by atomic mass is 10.2. The molecule has 0 saturated heterocycles. The molecule has 1 atom stereocenters. The Morgan fingerprint density at radius 3 is 2.54 bits per heavy atom. The molecule has 0 spiro atoms. The maximum atomic E-state index is 5.30. The number of rotatable bonds is 4. The van der Waals surface area contributed by atoms with Crippen LogP contribution in [0.1, 0.15) is 22.3 Å². The number of furan rings is 1. The summed E-state index contributed by atoms with van der Waals surface area (Å²) in [4.78, 5) is 11.7. The Bertz CT molecular complexity index is 857. The molecule has 0 radical (unpaired) electrons. The summed E-state index contributed by atoms with van der Waals surface area (Å²) in [7, 11) is 0. The van der Waals surface area contributed by atoms with Gasteiger partial charge in [-0.1, -0.05) is 30.0 Å². The number of nitrogens with one attached hydrogen (secondary N) is 1. The number of hydrogen-bond donors (Lipinski definition) is 1. The Hall–Kier alpha value is -2.53. The summed E-state index contributed by atoms with van der Waals surface area (Å²) in [5.41, 5.74) is 3.65. The van der Waals surface area contributed by atoms with Crippen LogP contribution in [0, 0.1) is 13.8 Å². The first kappa shape index (κ1) is 15.0. The molecule has 122 valence electrons. The smallest absolute Gasteiger partial charge is 0.335 e. The van der Waals surface area contributed by atoms with Crippen LogP contribution in [0.4, 0.5) is 5.69 Å². The van der Waals surface area contributed by atoms with E-state index in [1.54, 1.807) is 6.07 Å². The third kappa shape index (κ3) is 3.08. The van der Waals surface area contributed by atoms with Gasteiger partial charge in [0, 0.05) is 16.6 Å². The molecule has 3 aromatic rings. The summed E-state index contributed by atoms with van der Waals surface area (Å²) in [6.07, 6.45) is 0. The molecule has 0 fully saturated rings. The quantitative estimate of drug-likeness (QED) is 0.503. The third-order valence-electron chi connectivity index (χ3n) is 3.79. The number of benzene rings is 2. The van der Waals surface area contributed by atoms with Crippen molar-refractivity contribution in [1.29, 1.82) is 0 Å². The van der Waals surface area contributed by atoms with E-state index in [-0.39, 0.29) is 5.37 Å². The van der Waals surface area contributed by atoms with Crippen LogP contribution in [0.3, 0.4) is 0 Å². The van der Waals surface area contributed by atoms with Crippen molar-refractivity contribution >= 4 is 17.4 Å². The molecule has 1 aliphatic heterocycles. The highest BCUT2D eigenvalue weighted by molar-refractivity contribution is 8.00. The molecule has 1 aromatic heterocycles. The highest BCUT2D eigenvalue weighted by atomic mass is 32.2. The Labute approximate surface area is 144 Å². The van der Waals surface area contributed by atoms with Crippen molar-refractivity contribution in [3.63, 3.8) is 0 Å². The molecule has 2 heterocycles. The minimum Gasteiger partial charge on any atom is -0.428 e. The zero-order valence-corrected chi connectivity index (χ0v) is 14.2. The fourth-order valence-electron chi connectivity index (χ4n) is 2.54. The molecule has 4 nitrogen and oxygen atoms in total. The predicted octanol–water partition coefficient (Wildman–Crippen LogP) is 5.49. The zero-order chi connectivity index (χ0) is 16.5. The van der Waals surface area contributed by atoms with Gasteiger partial charge >= 0.3 is 5.95 Å². The molecule has 0 amide bonds. The van der Waals surface area contributed by atoms with E-state index in [1.165, 1.54) is 21.7 Å². The summed E-state index contributed by atoms with van der Waals surface area (Å²) in [6.45, 7) is 3.97. The average molecular weight is 339 g/mol. The maximum Gasteiger partial charge on any atom is 0.335 e. The summed E-state index contributed by atoms with van der Waals surface area (Å²) in [5.74, 6) is 1.75. The van der Waals surface area contributed by atoms with Gasteiger partial charge < -0.3 is 9.73 Å². The van der Waals surface area contributed by atoms with E-state index in [1.807, 2.05) is 49.0 Å². The van der Waals surface area contributed by atoms with Gasteiger partial charge in [-0.05, 0) is 55.3 Å². The lowest BCUT2D eigenvalue weighted by Crippen LogP contribution is -2.02. The van der Waals surface area contributed by atoms with Crippen molar-refractivity contribution in [3.8, 4) is 11.7 Å². The fraction of sp³-hybridized carbons (Fsp3) is 0.158. The first-order chi connectivity index (χ1) is 11.7. The normalized spacial score (nSPS) is 15.7. The molecular formula is C19H17NO3S. The van der Waals surface area contributed by atoms with Crippen LogP contribution in [-0.4, -0.2) is 0 Å². The van der Waals surface area contributed by atoms with Gasteiger partial charge in [-0.3, -0.25) is 4.89 Å². The van der Waals surface area contributed by atoms with E-state index < -0.39 is 0 Å². The summed E-state index contributed by atoms with van der Waals surface area (Å²) < 4.78 is 5.30. The van der Waals surface area contributed by atoms with Gasteiger partial charge in [-0.15, -0.1) is 0 Å². The fourth-order valence-corrected chi connectivity index (χ4v) is 3.78. The SMILES string of the molecule is Cc1ccc2c(c1)SC(c1ccc(OOc3ccc(C)o3)cc1)N2. The Morgan fingerprint density at radius 1 is 0.958 bits per heavy atom. The first-order valence-electron chi connectivity index (χ1n) is 7.72. The second kappa shape index (κ2) is 6.17. The molecule has 24 heavy (non-hydrogen) atoms. The van der Waals surface area contributed by atoms with Crippen molar-refractivity contribution < 1.29 is 14.2 Å². The minimum absolute atomic E-state index is 0.212. The molecule has 1 unspecified atom stereocenters. The summed E-state index contributed by atoms with van der Waals surface area (Å²) in [6, 6.07) is 17.9. The second-order valence-electron chi connectivity index (χ2n) is 5.74. The maximum absolute atomic E-state index is 5.30. The summed E-state index contributed by atoms with van der Waals surface area (Å²) >= 11 is 1.82. The first-order valence-corrected chi connectivity index (χ1v) is 8.60. The highest BCUT2D eigenvalue weighted by Gasteiger charge is 2.22. The number of aryl methyl sites for hydroxylation is 2. The van der Waals surface area contributed by atoms with Crippen molar-refractivity contribution in [2.75, 3.05) is 5.32 Å². The molecule has 0 bridgehead atoms. The van der Waals surface area contributed by atoms with Crippen LogP contribution in [0.2, 0.25) is 0 Å². The van der Waals surface area contributed by atoms with Gasteiger partial charge in [0.05, 0.1) is 0 Å². The lowest BCUT2D eigenvalue weighted by molar-refractivity contribution is -0.119. The Kier molecular flexibility index (Phi) is 3.86. The van der Waals surface area contributed by atoms with Gasteiger partial charge in [0.15, 0.2) is 5.75 Å². The van der Waals surface area contributed by atoms with Crippen LogP contribution in [-0.2, 0) is 0 Å². The minimum atomic E-state index is 0.212. The van der Waals surface area contributed by atoms with E-state index >= 15 is 0 Å². The van der Waals surface area contributed by atoms with Gasteiger partial charge in [0.25, 0.3) is 0 Å². The molecule has 0 aliphatic carbocycles. The molecule has 1 N–H and O–H groups in total. The zero-order valence-electron chi connectivity index (χ0n) is 13.4. The number of anilines is 1. The van der Waals surface area contributed by atoms with E-state index in [0.717, 1.165) is 5.76 Å². The van der Waals surface area contributed by atoms with Gasteiger partial charge in [-0.2, -0.15) is 0 Å². The largest absolute Gasteiger partial charge is 0.428 e. The highest BCUT2D eigenvalue weighted by Crippen LogP contribution is 2.46. The Balaban J connectivity index is 1.41. The van der Waals surface area contributed by atoms with Gasteiger partial charge in [0.1, 0.15) is 11.1 Å². The number of fused-ring (bicyclic) bond motifs is 1. The second-order valence-corrected chi connectivity index (χ2v) is 6.89. The molecule has 2 aromatic carbocycles. The van der Waals surface area contributed by atoms with Crippen molar-refractivity contribution in [2.24, 2.45) is 0 Å². The number of hydrogen-bond acceptors (Lipinski definition) is 5. The van der Waals surface area contributed by atoms with Crippen LogP contribution in [0.5, 0.6) is 11.7 Å². The van der Waals surface area contributed by atoms with Crippen molar-refractivity contribution in [2.45, 2.75) is 24.1 Å². The van der Waals surface area contributed by atoms with Gasteiger partial charge in [-0.25, -0.2) is 4.89 Å². The molecule has 0 saturated carbocycles. The van der Waals surface area contributed by atoms with Crippen LogP contribution >= 0.6 is 11.8 Å². The van der Waals surface area contributed by atoms with Crippen LogP contribution < -0.4 is 15.1 Å². The Morgan fingerprint density at radius 2 is 1.79 bits per heavy atom. The topological polar surface area (TPSA) is 43.6 Å². The van der Waals surface area contributed by atoms with E-state index in [9.17, 15) is 0 Å². The van der Waals surface area contributed by atoms with Crippen molar-refractivity contribution in [1.82, 2.24) is 0 Å². The van der Waals surface area contributed by atoms with Crippen molar-refractivity contribution in [3.05, 3.63) is 71.5 Å². The van der Waals surface area contributed by atoms with E-state index in [4.69, 9.17) is 14.2 Å². The molecule has 4 rings (SSSR count). The van der Waals surface area contributed by atoms with Crippen LogP contribution in [0.15, 0.2) is 63.9 Å². The molecular weight excluding hydrogens is 322 g/mol. The summed E-state index contributed by atoms with van der Waals surface area (Å²) in [5, 5.41) is 3.75. The lowest BCUT2D eigenvalue weighted by Gasteiger charge is -2.11. The standard InChI is InChI=1S/C19H17NO3S/c1-12-3-9-16-17(11-12)24-19(20-16)14-5-7-15(8-6-14)22-23-18-10-4-13(2)21-18/h3-11,19-20H,1-2H3. The average Bonchev–Trinajstić information content (AvgIpc) is 3.19. The van der Waals surface area contributed by atoms with Crippen LogP contribution in [0.25, 0.3) is 0 Å².